The fourth-order valence-electron chi connectivity index (χ4n) is 3.82. The summed E-state index contributed by atoms with van der Waals surface area (Å²) in [5, 5.41) is 9.11. The summed E-state index contributed by atoms with van der Waals surface area (Å²) in [6.45, 7) is 4.15. The number of carboxylic acids is 1. The average Bonchev–Trinajstić information content (AvgIpc) is 2.48. The predicted molar refractivity (Wildman–Crippen MR) is 78.8 cm³/mol. The zero-order valence-electron chi connectivity index (χ0n) is 12.1. The summed E-state index contributed by atoms with van der Waals surface area (Å²) in [4.78, 5) is 13.6. The van der Waals surface area contributed by atoms with Crippen molar-refractivity contribution < 1.29 is 9.90 Å². The molecule has 0 aromatic heterocycles. The van der Waals surface area contributed by atoms with Crippen LogP contribution in [-0.4, -0.2) is 29.1 Å². The molecule has 0 bridgehead atoms. The highest BCUT2D eigenvalue weighted by Gasteiger charge is 2.32. The Morgan fingerprint density at radius 1 is 1.10 bits per heavy atom. The van der Waals surface area contributed by atoms with Crippen LogP contribution >= 0.6 is 0 Å². The number of hydrogen-bond acceptors (Lipinski definition) is 2. The van der Waals surface area contributed by atoms with E-state index in [9.17, 15) is 4.79 Å². The Hall–Kier alpha value is -1.35. The molecule has 3 nitrogen and oxygen atoms in total. The number of benzene rings is 1. The maximum atomic E-state index is 11.1. The summed E-state index contributed by atoms with van der Waals surface area (Å²) < 4.78 is 0. The number of nitrogens with zero attached hydrogens (tertiary/aromatic N) is 1. The molecular formula is C17H23NO2. The van der Waals surface area contributed by atoms with Crippen LogP contribution in [0.5, 0.6) is 0 Å². The second-order valence-corrected chi connectivity index (χ2v) is 6.27. The zero-order chi connectivity index (χ0) is 14.1. The molecular weight excluding hydrogens is 250 g/mol. The zero-order valence-corrected chi connectivity index (χ0v) is 12.1. The lowest BCUT2D eigenvalue weighted by Crippen LogP contribution is -2.40. The Bertz CT molecular complexity index is 492. The largest absolute Gasteiger partial charge is 0.481 e. The van der Waals surface area contributed by atoms with Crippen molar-refractivity contribution in [1.82, 2.24) is 4.90 Å². The summed E-state index contributed by atoms with van der Waals surface area (Å²) in [5.41, 5.74) is 2.96. The maximum absolute atomic E-state index is 11.1. The molecule has 20 heavy (non-hydrogen) atoms. The Kier molecular flexibility index (Phi) is 3.79. The van der Waals surface area contributed by atoms with Crippen molar-refractivity contribution in [2.45, 2.75) is 44.6 Å². The van der Waals surface area contributed by atoms with Gasteiger partial charge in [0.25, 0.3) is 0 Å². The first kappa shape index (κ1) is 13.6. The van der Waals surface area contributed by atoms with E-state index in [1.165, 1.54) is 24.0 Å². The molecule has 0 saturated carbocycles. The highest BCUT2D eigenvalue weighted by molar-refractivity contribution is 5.70. The minimum atomic E-state index is -0.623. The van der Waals surface area contributed by atoms with Crippen molar-refractivity contribution in [2.75, 3.05) is 13.1 Å². The molecule has 1 saturated heterocycles. The molecule has 1 N–H and O–H groups in total. The van der Waals surface area contributed by atoms with Crippen LogP contribution in [0.15, 0.2) is 24.3 Å². The highest BCUT2D eigenvalue weighted by atomic mass is 16.4. The molecule has 3 rings (SSSR count). The molecule has 108 valence electrons. The molecule has 2 atom stereocenters. The molecule has 1 aromatic carbocycles. The standard InChI is InChI=1S/C17H23NO2/c1-12-6-7-16(15-5-3-2-4-14(12)15)18-10-8-13(9-11-18)17(19)20/h2-5,12-13,16H,6-11H2,1H3,(H,19,20). The minimum absolute atomic E-state index is 0.135. The maximum Gasteiger partial charge on any atom is 0.306 e. The molecule has 1 aliphatic heterocycles. The monoisotopic (exact) mass is 273 g/mol. The summed E-state index contributed by atoms with van der Waals surface area (Å²) in [6, 6.07) is 9.29. The molecule has 3 heteroatoms. The number of hydrogen-bond donors (Lipinski definition) is 1. The van der Waals surface area contributed by atoms with Gasteiger partial charge in [0.1, 0.15) is 0 Å². The molecule has 1 heterocycles. The summed E-state index contributed by atoms with van der Waals surface area (Å²) in [6.07, 6.45) is 4.03. The van der Waals surface area contributed by atoms with Crippen molar-refractivity contribution in [2.24, 2.45) is 5.92 Å². The van der Waals surface area contributed by atoms with Gasteiger partial charge in [0.2, 0.25) is 0 Å². The van der Waals surface area contributed by atoms with Crippen LogP contribution in [-0.2, 0) is 4.79 Å². The van der Waals surface area contributed by atoms with Crippen molar-refractivity contribution in [1.29, 1.82) is 0 Å². The number of rotatable bonds is 2. The van der Waals surface area contributed by atoms with E-state index in [4.69, 9.17) is 5.11 Å². The molecule has 1 fully saturated rings. The van der Waals surface area contributed by atoms with E-state index >= 15 is 0 Å². The van der Waals surface area contributed by atoms with Crippen molar-refractivity contribution in [3.8, 4) is 0 Å². The van der Waals surface area contributed by atoms with Crippen molar-refractivity contribution in [3.63, 3.8) is 0 Å². The Labute approximate surface area is 120 Å². The normalized spacial score (nSPS) is 28.1. The highest BCUT2D eigenvalue weighted by Crippen LogP contribution is 2.41. The fraction of sp³-hybridized carbons (Fsp3) is 0.588. The first-order valence-corrected chi connectivity index (χ1v) is 7.72. The van der Waals surface area contributed by atoms with Crippen LogP contribution in [0.25, 0.3) is 0 Å². The van der Waals surface area contributed by atoms with Gasteiger partial charge < -0.3 is 5.11 Å². The minimum Gasteiger partial charge on any atom is -0.481 e. The van der Waals surface area contributed by atoms with E-state index in [1.54, 1.807) is 0 Å². The second-order valence-electron chi connectivity index (χ2n) is 6.27. The van der Waals surface area contributed by atoms with E-state index in [0.29, 0.717) is 12.0 Å². The van der Waals surface area contributed by atoms with Gasteiger partial charge >= 0.3 is 5.97 Å². The Balaban J connectivity index is 1.76. The molecule has 0 radical (unpaired) electrons. The second kappa shape index (κ2) is 5.57. The van der Waals surface area contributed by atoms with Crippen LogP contribution in [0, 0.1) is 5.92 Å². The average molecular weight is 273 g/mol. The van der Waals surface area contributed by atoms with Gasteiger partial charge in [0.15, 0.2) is 0 Å². The van der Waals surface area contributed by atoms with Crippen LogP contribution in [0.3, 0.4) is 0 Å². The van der Waals surface area contributed by atoms with Gasteiger partial charge in [0.05, 0.1) is 5.92 Å². The first-order valence-electron chi connectivity index (χ1n) is 7.72. The number of carbonyl (C=O) groups is 1. The van der Waals surface area contributed by atoms with Gasteiger partial charge in [-0.05, 0) is 55.8 Å². The number of likely N-dealkylation sites (tertiary alicyclic amines) is 1. The molecule has 2 unspecified atom stereocenters. The molecule has 1 aliphatic carbocycles. The van der Waals surface area contributed by atoms with Gasteiger partial charge in [-0.2, -0.15) is 0 Å². The van der Waals surface area contributed by atoms with Gasteiger partial charge in [-0.1, -0.05) is 31.2 Å². The number of carboxylic acid groups (broad SMARTS) is 1. The Morgan fingerprint density at radius 3 is 2.40 bits per heavy atom. The van der Waals surface area contributed by atoms with Crippen LogP contribution < -0.4 is 0 Å². The molecule has 0 amide bonds. The number of fused-ring (bicyclic) bond motifs is 1. The molecule has 2 aliphatic rings. The third-order valence-corrected chi connectivity index (χ3v) is 5.08. The summed E-state index contributed by atoms with van der Waals surface area (Å²) in [7, 11) is 0. The van der Waals surface area contributed by atoms with E-state index in [1.807, 2.05) is 0 Å². The van der Waals surface area contributed by atoms with E-state index in [-0.39, 0.29) is 5.92 Å². The third kappa shape index (κ3) is 2.47. The van der Waals surface area contributed by atoms with Crippen molar-refractivity contribution >= 4 is 5.97 Å². The van der Waals surface area contributed by atoms with Crippen LogP contribution in [0.2, 0.25) is 0 Å². The Morgan fingerprint density at radius 2 is 1.75 bits per heavy atom. The smallest absolute Gasteiger partial charge is 0.306 e. The van der Waals surface area contributed by atoms with Gasteiger partial charge in [-0.15, -0.1) is 0 Å². The topological polar surface area (TPSA) is 40.5 Å². The lowest BCUT2D eigenvalue weighted by molar-refractivity contribution is -0.143. The first-order chi connectivity index (χ1) is 9.66. The lowest BCUT2D eigenvalue weighted by Gasteiger charge is -2.40. The van der Waals surface area contributed by atoms with Crippen LogP contribution in [0.1, 0.15) is 55.7 Å². The van der Waals surface area contributed by atoms with Gasteiger partial charge in [-0.25, -0.2) is 0 Å². The SMILES string of the molecule is CC1CCC(N2CCC(C(=O)O)CC2)c2ccccc21. The quantitative estimate of drug-likeness (QED) is 0.897. The fourth-order valence-corrected chi connectivity index (χ4v) is 3.82. The van der Waals surface area contributed by atoms with Crippen LogP contribution in [0.4, 0.5) is 0 Å². The summed E-state index contributed by atoms with van der Waals surface area (Å²) >= 11 is 0. The van der Waals surface area contributed by atoms with E-state index in [2.05, 4.69) is 36.1 Å². The van der Waals surface area contributed by atoms with Gasteiger partial charge in [0, 0.05) is 6.04 Å². The third-order valence-electron chi connectivity index (χ3n) is 5.08. The predicted octanol–water partition coefficient (Wildman–Crippen LogP) is 3.42. The number of aliphatic carboxylic acids is 1. The van der Waals surface area contributed by atoms with Gasteiger partial charge in [-0.3, -0.25) is 9.69 Å². The summed E-state index contributed by atoms with van der Waals surface area (Å²) in [5.74, 6) is -0.106. The molecule has 1 aromatic rings. The van der Waals surface area contributed by atoms with E-state index < -0.39 is 5.97 Å². The number of piperidine rings is 1. The van der Waals surface area contributed by atoms with Crippen molar-refractivity contribution in [3.05, 3.63) is 35.4 Å². The molecule has 0 spiro atoms. The lowest BCUT2D eigenvalue weighted by atomic mass is 9.79. The van der Waals surface area contributed by atoms with E-state index in [0.717, 1.165) is 25.9 Å².